The van der Waals surface area contributed by atoms with Crippen LogP contribution in [-0.4, -0.2) is 39.9 Å². The zero-order valence-electron chi connectivity index (χ0n) is 14.5. The predicted molar refractivity (Wildman–Crippen MR) is 98.6 cm³/mol. The molecule has 0 aliphatic rings. The molecule has 0 saturated carbocycles. The Kier molecular flexibility index (Phi) is 3.96. The minimum Gasteiger partial charge on any atom is -0.497 e. The van der Waals surface area contributed by atoms with Crippen molar-refractivity contribution in [2.24, 2.45) is 0 Å². The number of benzene rings is 2. The van der Waals surface area contributed by atoms with Crippen LogP contribution < -0.4 is 20.3 Å². The summed E-state index contributed by atoms with van der Waals surface area (Å²) in [5.74, 6) is 0.528. The summed E-state index contributed by atoms with van der Waals surface area (Å²) < 4.78 is 11.9. The molecule has 0 aliphatic carbocycles. The molecule has 2 N–H and O–H groups in total. The minimum absolute atomic E-state index is 0.000334. The van der Waals surface area contributed by atoms with E-state index in [0.29, 0.717) is 28.1 Å². The van der Waals surface area contributed by atoms with Crippen LogP contribution in [-0.2, 0) is 0 Å². The lowest BCUT2D eigenvalue weighted by Gasteiger charge is -2.09. The molecule has 9 nitrogen and oxygen atoms in total. The maximum absolute atomic E-state index is 12.7. The number of methoxy groups -OCH3 is 2. The number of fused-ring (bicyclic) bond motifs is 3. The number of H-pyrrole nitrogens is 1. The maximum atomic E-state index is 12.7. The number of aromatic amines is 1. The highest BCUT2D eigenvalue weighted by Gasteiger charge is 2.19. The van der Waals surface area contributed by atoms with Gasteiger partial charge in [0.1, 0.15) is 11.5 Å². The van der Waals surface area contributed by atoms with Crippen LogP contribution in [0.4, 0.5) is 5.69 Å². The SMILES string of the molecule is COc1cc(NC(=O)c2n[nH]n3c2nc(=O)c2ccccc23)cc(OC)c1. The highest BCUT2D eigenvalue weighted by molar-refractivity contribution is 6.07. The summed E-state index contributed by atoms with van der Waals surface area (Å²) in [6.07, 6.45) is 0. The second kappa shape index (κ2) is 6.45. The van der Waals surface area contributed by atoms with E-state index in [1.165, 1.54) is 18.7 Å². The Morgan fingerprint density at radius 3 is 2.52 bits per heavy atom. The first kappa shape index (κ1) is 16.6. The molecule has 0 radical (unpaired) electrons. The van der Waals surface area contributed by atoms with E-state index in [9.17, 15) is 9.59 Å². The number of carbonyl (C=O) groups excluding carboxylic acids is 1. The Morgan fingerprint density at radius 1 is 1.11 bits per heavy atom. The van der Waals surface area contributed by atoms with Gasteiger partial charge in [-0.15, -0.1) is 5.10 Å². The van der Waals surface area contributed by atoms with Crippen LogP contribution in [0.5, 0.6) is 11.5 Å². The molecule has 0 saturated heterocycles. The summed E-state index contributed by atoms with van der Waals surface area (Å²) in [7, 11) is 3.03. The molecule has 0 bridgehead atoms. The normalized spacial score (nSPS) is 10.9. The van der Waals surface area contributed by atoms with Gasteiger partial charge in [0.25, 0.3) is 11.5 Å². The van der Waals surface area contributed by atoms with Gasteiger partial charge in [-0.1, -0.05) is 12.1 Å². The summed E-state index contributed by atoms with van der Waals surface area (Å²) in [6.45, 7) is 0. The van der Waals surface area contributed by atoms with Crippen LogP contribution in [0.3, 0.4) is 0 Å². The molecule has 2 heterocycles. The largest absolute Gasteiger partial charge is 0.497 e. The smallest absolute Gasteiger partial charge is 0.281 e. The van der Waals surface area contributed by atoms with Crippen LogP contribution >= 0.6 is 0 Å². The molecular weight excluding hydrogens is 350 g/mol. The van der Waals surface area contributed by atoms with E-state index < -0.39 is 11.5 Å². The van der Waals surface area contributed by atoms with Gasteiger partial charge in [-0.25, -0.2) is 9.73 Å². The molecule has 4 aromatic rings. The van der Waals surface area contributed by atoms with Gasteiger partial charge in [0.15, 0.2) is 11.3 Å². The second-order valence-electron chi connectivity index (χ2n) is 5.71. The van der Waals surface area contributed by atoms with Crippen molar-refractivity contribution in [1.82, 2.24) is 19.8 Å². The van der Waals surface area contributed by atoms with Crippen LogP contribution in [0.25, 0.3) is 16.6 Å². The third-order valence-electron chi connectivity index (χ3n) is 4.09. The Labute approximate surface area is 152 Å². The molecule has 2 aromatic heterocycles. The van der Waals surface area contributed by atoms with Crippen molar-refractivity contribution in [2.75, 3.05) is 19.5 Å². The molecule has 136 valence electrons. The zero-order valence-corrected chi connectivity index (χ0v) is 14.5. The number of anilines is 1. The van der Waals surface area contributed by atoms with E-state index in [-0.39, 0.29) is 11.3 Å². The highest BCUT2D eigenvalue weighted by atomic mass is 16.5. The Bertz CT molecular complexity index is 1210. The van der Waals surface area contributed by atoms with Crippen molar-refractivity contribution in [3.05, 3.63) is 58.5 Å². The van der Waals surface area contributed by atoms with Crippen LogP contribution in [0.15, 0.2) is 47.3 Å². The lowest BCUT2D eigenvalue weighted by Crippen LogP contribution is -2.16. The van der Waals surface area contributed by atoms with E-state index in [1.54, 1.807) is 42.5 Å². The molecule has 27 heavy (non-hydrogen) atoms. The number of nitrogens with zero attached hydrogens (tertiary/aromatic N) is 3. The molecule has 0 atom stereocenters. The molecule has 2 aromatic carbocycles. The van der Waals surface area contributed by atoms with E-state index in [0.717, 1.165) is 0 Å². The summed E-state index contributed by atoms with van der Waals surface area (Å²) in [5, 5.41) is 9.91. The first-order valence-electron chi connectivity index (χ1n) is 8.01. The molecule has 0 fully saturated rings. The number of para-hydroxylation sites is 1. The Balaban J connectivity index is 1.77. The van der Waals surface area contributed by atoms with E-state index in [4.69, 9.17) is 9.47 Å². The number of amides is 1. The molecule has 0 aliphatic heterocycles. The first-order chi connectivity index (χ1) is 13.1. The van der Waals surface area contributed by atoms with Gasteiger partial charge in [0, 0.05) is 23.9 Å². The van der Waals surface area contributed by atoms with E-state index >= 15 is 0 Å². The fourth-order valence-electron chi connectivity index (χ4n) is 2.80. The molecule has 4 rings (SSSR count). The van der Waals surface area contributed by atoms with Crippen molar-refractivity contribution in [3.8, 4) is 11.5 Å². The molecule has 0 unspecified atom stereocenters. The standard InChI is InChI=1S/C18H15N5O4/c1-26-11-7-10(8-12(9-11)27-2)19-18(25)15-16-20-17(24)13-5-3-4-6-14(13)23(16)22-21-15/h3-9,22H,1-2H3,(H,19,25). The lowest BCUT2D eigenvalue weighted by molar-refractivity contribution is 0.102. The van der Waals surface area contributed by atoms with E-state index in [2.05, 4.69) is 20.6 Å². The molecule has 0 spiro atoms. The highest BCUT2D eigenvalue weighted by Crippen LogP contribution is 2.26. The number of aromatic nitrogens is 4. The second-order valence-corrected chi connectivity index (χ2v) is 5.71. The van der Waals surface area contributed by atoms with Gasteiger partial charge in [0.2, 0.25) is 0 Å². The fraction of sp³-hybridized carbons (Fsp3) is 0.111. The predicted octanol–water partition coefficient (Wildman–Crippen LogP) is 1.84. The van der Waals surface area contributed by atoms with Gasteiger partial charge < -0.3 is 14.8 Å². The van der Waals surface area contributed by atoms with Crippen molar-refractivity contribution >= 4 is 28.1 Å². The van der Waals surface area contributed by atoms with Crippen LogP contribution in [0.1, 0.15) is 10.5 Å². The summed E-state index contributed by atoms with van der Waals surface area (Å²) in [4.78, 5) is 29.0. The lowest BCUT2D eigenvalue weighted by atomic mass is 10.2. The maximum Gasteiger partial charge on any atom is 0.281 e. The van der Waals surface area contributed by atoms with Gasteiger partial charge in [-0.2, -0.15) is 4.98 Å². The zero-order chi connectivity index (χ0) is 19.0. The van der Waals surface area contributed by atoms with Crippen molar-refractivity contribution in [1.29, 1.82) is 0 Å². The topological polar surface area (TPSA) is 111 Å². The summed E-state index contributed by atoms with van der Waals surface area (Å²) >= 11 is 0. The fourth-order valence-corrected chi connectivity index (χ4v) is 2.80. The number of ether oxygens (including phenoxy) is 2. The quantitative estimate of drug-likeness (QED) is 0.571. The van der Waals surface area contributed by atoms with E-state index in [1.807, 2.05) is 0 Å². The Hall–Kier alpha value is -3.88. The van der Waals surface area contributed by atoms with Gasteiger partial charge in [-0.05, 0) is 12.1 Å². The molecule has 9 heteroatoms. The van der Waals surface area contributed by atoms with Gasteiger partial charge in [-0.3, -0.25) is 9.59 Å². The van der Waals surface area contributed by atoms with Gasteiger partial charge >= 0.3 is 0 Å². The number of nitrogens with one attached hydrogen (secondary N) is 2. The number of hydrogen-bond acceptors (Lipinski definition) is 6. The van der Waals surface area contributed by atoms with Gasteiger partial charge in [0.05, 0.1) is 25.1 Å². The third kappa shape index (κ3) is 2.84. The molecular formula is C18H15N5O4. The van der Waals surface area contributed by atoms with Crippen molar-refractivity contribution < 1.29 is 14.3 Å². The average molecular weight is 365 g/mol. The number of rotatable bonds is 4. The van der Waals surface area contributed by atoms with Crippen molar-refractivity contribution in [3.63, 3.8) is 0 Å². The first-order valence-corrected chi connectivity index (χ1v) is 8.01. The Morgan fingerprint density at radius 2 is 1.81 bits per heavy atom. The van der Waals surface area contributed by atoms with Crippen LogP contribution in [0.2, 0.25) is 0 Å². The van der Waals surface area contributed by atoms with Crippen molar-refractivity contribution in [2.45, 2.75) is 0 Å². The summed E-state index contributed by atoms with van der Waals surface area (Å²) in [6, 6.07) is 11.9. The molecule has 1 amide bonds. The number of carbonyl (C=O) groups is 1. The summed E-state index contributed by atoms with van der Waals surface area (Å²) in [5.41, 5.74) is 0.761. The monoisotopic (exact) mass is 365 g/mol. The minimum atomic E-state index is -0.522. The third-order valence-corrected chi connectivity index (χ3v) is 4.09. The average Bonchev–Trinajstić information content (AvgIpc) is 3.12. The van der Waals surface area contributed by atoms with Crippen LogP contribution in [0, 0.1) is 0 Å². The number of hydrogen-bond donors (Lipinski definition) is 2.